The summed E-state index contributed by atoms with van der Waals surface area (Å²) in [5, 5.41) is 18.1. The predicted octanol–water partition coefficient (Wildman–Crippen LogP) is 4.79. The van der Waals surface area contributed by atoms with Gasteiger partial charge in [-0.3, -0.25) is 4.79 Å². The Kier molecular flexibility index (Phi) is 7.77. The van der Waals surface area contributed by atoms with Crippen molar-refractivity contribution in [2.75, 3.05) is 0 Å². The van der Waals surface area contributed by atoms with E-state index in [1.165, 1.54) is 5.06 Å². The number of alkyl carbamates (subject to hydrolysis) is 1. The molecular weight excluding hydrogens is 406 g/mol. The van der Waals surface area contributed by atoms with Crippen molar-refractivity contribution in [3.63, 3.8) is 0 Å². The minimum Gasteiger partial charge on any atom is -0.444 e. The van der Waals surface area contributed by atoms with Gasteiger partial charge >= 0.3 is 6.09 Å². The van der Waals surface area contributed by atoms with Gasteiger partial charge in [-0.25, -0.2) is 4.79 Å². The van der Waals surface area contributed by atoms with Crippen molar-refractivity contribution in [1.29, 1.82) is 0 Å². The normalized spacial score (nSPS) is 23.7. The fraction of sp³-hybridized carbons (Fsp3) is 0.840. The molecule has 32 heavy (non-hydrogen) atoms. The Bertz CT molecular complexity index is 699. The summed E-state index contributed by atoms with van der Waals surface area (Å²) in [6.07, 6.45) is 7.25. The van der Waals surface area contributed by atoms with Crippen LogP contribution in [0.4, 0.5) is 4.79 Å². The quantitative estimate of drug-likeness (QED) is 0.484. The Morgan fingerprint density at radius 1 is 1.12 bits per heavy atom. The molecule has 0 aromatic rings. The zero-order valence-electron chi connectivity index (χ0n) is 21.5. The van der Waals surface area contributed by atoms with Crippen LogP contribution in [0.1, 0.15) is 94.4 Å². The number of hydrogen-bond acceptors (Lipinski definition) is 5. The number of nitrogens with zero attached hydrogens (tertiary/aromatic N) is 1. The Balaban J connectivity index is 2.05. The standard InChI is InChI=1S/C25H45N3O4/c1-17(2)14-18(27-21(30)32-22(3,4)5)10-11-25(12-13-25)20(29)26-19-15-23(6,7)28(31)24(8,9)16-19/h10-11,17-19,31H,12-16H2,1-9H3,(H,26,29)(H,27,30)/b11-10+/t18-/m1/s1. The van der Waals surface area contributed by atoms with Gasteiger partial charge in [-0.05, 0) is 86.5 Å². The molecular formula is C25H45N3O4. The van der Waals surface area contributed by atoms with Crippen molar-refractivity contribution < 1.29 is 19.5 Å². The number of rotatable bonds is 7. The fourth-order valence-electron chi connectivity index (χ4n) is 4.76. The third-order valence-electron chi connectivity index (χ3n) is 6.29. The van der Waals surface area contributed by atoms with E-state index in [2.05, 4.69) is 24.5 Å². The minimum atomic E-state index is -0.556. The first kappa shape index (κ1) is 26.7. The molecule has 2 aliphatic rings. The molecule has 2 rings (SSSR count). The van der Waals surface area contributed by atoms with Crippen molar-refractivity contribution in [3.8, 4) is 0 Å². The van der Waals surface area contributed by atoms with Crippen molar-refractivity contribution in [3.05, 3.63) is 12.2 Å². The molecule has 7 nitrogen and oxygen atoms in total. The molecule has 0 aromatic carbocycles. The summed E-state index contributed by atoms with van der Waals surface area (Å²) in [6, 6.07) is -0.182. The maximum absolute atomic E-state index is 13.2. The van der Waals surface area contributed by atoms with Crippen LogP contribution in [0.5, 0.6) is 0 Å². The maximum Gasteiger partial charge on any atom is 0.408 e. The molecule has 2 amide bonds. The zero-order valence-corrected chi connectivity index (χ0v) is 21.5. The van der Waals surface area contributed by atoms with Crippen molar-refractivity contribution in [2.24, 2.45) is 11.3 Å². The number of nitrogens with one attached hydrogen (secondary N) is 2. The molecule has 1 saturated heterocycles. The van der Waals surface area contributed by atoms with Gasteiger partial charge in [0.15, 0.2) is 0 Å². The van der Waals surface area contributed by atoms with E-state index >= 15 is 0 Å². The Morgan fingerprint density at radius 3 is 2.09 bits per heavy atom. The van der Waals surface area contributed by atoms with Crippen LogP contribution in [-0.2, 0) is 9.53 Å². The average Bonchev–Trinajstić information content (AvgIpc) is 3.36. The van der Waals surface area contributed by atoms with Gasteiger partial charge in [-0.1, -0.05) is 26.0 Å². The minimum absolute atomic E-state index is 0.00752. The van der Waals surface area contributed by atoms with E-state index in [4.69, 9.17) is 4.74 Å². The van der Waals surface area contributed by atoms with Crippen LogP contribution in [0.25, 0.3) is 0 Å². The highest BCUT2D eigenvalue weighted by molar-refractivity contribution is 5.87. The van der Waals surface area contributed by atoms with Gasteiger partial charge in [0.2, 0.25) is 5.91 Å². The number of hydroxylamine groups is 2. The molecule has 0 radical (unpaired) electrons. The van der Waals surface area contributed by atoms with Crippen LogP contribution < -0.4 is 10.6 Å². The molecule has 0 unspecified atom stereocenters. The lowest BCUT2D eigenvalue weighted by atomic mass is 9.78. The molecule has 1 aliphatic heterocycles. The lowest BCUT2D eigenvalue weighted by molar-refractivity contribution is -0.246. The fourth-order valence-corrected chi connectivity index (χ4v) is 4.76. The first-order valence-electron chi connectivity index (χ1n) is 11.9. The Labute approximate surface area is 194 Å². The molecule has 1 atom stereocenters. The predicted molar refractivity (Wildman–Crippen MR) is 126 cm³/mol. The van der Waals surface area contributed by atoms with Crippen LogP contribution >= 0.6 is 0 Å². The summed E-state index contributed by atoms with van der Waals surface area (Å²) in [7, 11) is 0. The van der Waals surface area contributed by atoms with Gasteiger partial charge in [-0.15, -0.1) is 0 Å². The highest BCUT2D eigenvalue weighted by Crippen LogP contribution is 2.48. The second-order valence-corrected chi connectivity index (χ2v) is 12.4. The smallest absolute Gasteiger partial charge is 0.408 e. The average molecular weight is 452 g/mol. The first-order valence-corrected chi connectivity index (χ1v) is 11.9. The molecule has 0 bridgehead atoms. The van der Waals surface area contributed by atoms with Crippen molar-refractivity contribution >= 4 is 12.0 Å². The molecule has 7 heteroatoms. The molecule has 1 aliphatic carbocycles. The second kappa shape index (κ2) is 9.34. The molecule has 1 saturated carbocycles. The maximum atomic E-state index is 13.2. The zero-order chi connectivity index (χ0) is 24.5. The van der Waals surface area contributed by atoms with Gasteiger partial charge < -0.3 is 20.6 Å². The number of carbonyl (C=O) groups is 2. The van der Waals surface area contributed by atoms with Crippen LogP contribution in [0.15, 0.2) is 12.2 Å². The van der Waals surface area contributed by atoms with E-state index < -0.39 is 28.2 Å². The molecule has 3 N–H and O–H groups in total. The van der Waals surface area contributed by atoms with E-state index in [0.717, 1.165) is 19.3 Å². The first-order chi connectivity index (χ1) is 14.5. The number of hydrogen-bond donors (Lipinski definition) is 3. The topological polar surface area (TPSA) is 90.9 Å². The van der Waals surface area contributed by atoms with Gasteiger partial charge in [0.1, 0.15) is 5.60 Å². The molecule has 0 spiro atoms. The monoisotopic (exact) mass is 451 g/mol. The third-order valence-corrected chi connectivity index (χ3v) is 6.29. The van der Waals surface area contributed by atoms with Gasteiger partial charge in [-0.2, -0.15) is 5.06 Å². The Morgan fingerprint density at radius 2 is 1.66 bits per heavy atom. The van der Waals surface area contributed by atoms with E-state index in [1.54, 1.807) is 0 Å². The van der Waals surface area contributed by atoms with Gasteiger partial charge in [0, 0.05) is 17.1 Å². The summed E-state index contributed by atoms with van der Waals surface area (Å²) in [6.45, 7) is 17.7. The molecule has 2 fully saturated rings. The summed E-state index contributed by atoms with van der Waals surface area (Å²) in [5.74, 6) is 0.425. The SMILES string of the molecule is CC(C)C[C@@H](/C=C/C1(C(=O)NC2CC(C)(C)N(O)C(C)(C)C2)CC1)NC(=O)OC(C)(C)C. The van der Waals surface area contributed by atoms with Crippen LogP contribution in [0.2, 0.25) is 0 Å². The lowest BCUT2D eigenvalue weighted by Crippen LogP contribution is -2.63. The third kappa shape index (κ3) is 7.20. The second-order valence-electron chi connectivity index (χ2n) is 12.4. The Hall–Kier alpha value is -1.60. The summed E-state index contributed by atoms with van der Waals surface area (Å²) >= 11 is 0. The molecule has 184 valence electrons. The largest absolute Gasteiger partial charge is 0.444 e. The number of carbonyl (C=O) groups excluding carboxylic acids is 2. The highest BCUT2D eigenvalue weighted by Gasteiger charge is 2.50. The summed E-state index contributed by atoms with van der Waals surface area (Å²) in [4.78, 5) is 25.5. The van der Waals surface area contributed by atoms with Gasteiger partial charge in [0.25, 0.3) is 0 Å². The number of piperidine rings is 1. The molecule has 1 heterocycles. The highest BCUT2D eigenvalue weighted by atomic mass is 16.6. The van der Waals surface area contributed by atoms with Crippen LogP contribution in [0.3, 0.4) is 0 Å². The lowest BCUT2D eigenvalue weighted by Gasteiger charge is -2.51. The number of amides is 2. The van der Waals surface area contributed by atoms with Crippen LogP contribution in [-0.4, -0.2) is 51.0 Å². The van der Waals surface area contributed by atoms with Crippen molar-refractivity contribution in [1.82, 2.24) is 15.7 Å². The van der Waals surface area contributed by atoms with Crippen LogP contribution in [0, 0.1) is 11.3 Å². The van der Waals surface area contributed by atoms with E-state index in [1.807, 2.05) is 60.6 Å². The summed E-state index contributed by atoms with van der Waals surface area (Å²) in [5.41, 5.74) is -1.88. The van der Waals surface area contributed by atoms with Crippen molar-refractivity contribution in [2.45, 2.75) is 123 Å². The summed E-state index contributed by atoms with van der Waals surface area (Å²) < 4.78 is 5.41. The number of ether oxygens (including phenoxy) is 1. The van der Waals surface area contributed by atoms with Gasteiger partial charge in [0.05, 0.1) is 11.5 Å². The molecule has 0 aromatic heterocycles. The van der Waals surface area contributed by atoms with E-state index in [0.29, 0.717) is 18.8 Å². The van der Waals surface area contributed by atoms with E-state index in [-0.39, 0.29) is 18.0 Å². The van der Waals surface area contributed by atoms with E-state index in [9.17, 15) is 14.8 Å².